The van der Waals surface area contributed by atoms with E-state index in [-0.39, 0.29) is 35.9 Å². The Morgan fingerprint density at radius 1 is 1.43 bits per heavy atom. The molecule has 1 amide bonds. The van der Waals surface area contributed by atoms with E-state index in [2.05, 4.69) is 4.98 Å². The van der Waals surface area contributed by atoms with Gasteiger partial charge in [-0.15, -0.1) is 0 Å². The molecule has 1 aromatic carbocycles. The smallest absolute Gasteiger partial charge is 0.319 e. The Balaban J connectivity index is 1.65. The number of aromatic nitrogens is 2. The van der Waals surface area contributed by atoms with E-state index in [9.17, 15) is 18.0 Å². The van der Waals surface area contributed by atoms with Gasteiger partial charge in [-0.25, -0.2) is 9.37 Å². The van der Waals surface area contributed by atoms with E-state index in [0.717, 1.165) is 4.57 Å². The van der Waals surface area contributed by atoms with Crippen LogP contribution >= 0.6 is 0 Å². The highest BCUT2D eigenvalue weighted by atomic mass is 19.3. The highest BCUT2D eigenvalue weighted by Crippen LogP contribution is 2.49. The second-order valence-corrected chi connectivity index (χ2v) is 5.69. The Labute approximate surface area is 131 Å². The van der Waals surface area contributed by atoms with E-state index in [0.29, 0.717) is 12.0 Å². The number of imidazole rings is 1. The molecule has 4 nitrogen and oxygen atoms in total. The van der Waals surface area contributed by atoms with Gasteiger partial charge >= 0.3 is 6.55 Å². The van der Waals surface area contributed by atoms with Gasteiger partial charge in [-0.1, -0.05) is 18.2 Å². The second-order valence-electron chi connectivity index (χ2n) is 5.69. The van der Waals surface area contributed by atoms with Crippen molar-refractivity contribution in [2.45, 2.75) is 25.4 Å². The molecular formula is C16H16F3N3O. The molecule has 0 saturated heterocycles. The average Bonchev–Trinajstić information content (AvgIpc) is 3.17. The van der Waals surface area contributed by atoms with E-state index in [1.165, 1.54) is 23.4 Å². The molecule has 1 aliphatic carbocycles. The number of amides is 1. The molecule has 1 heterocycles. The number of nitrogens with zero attached hydrogens (tertiary/aromatic N) is 3. The summed E-state index contributed by atoms with van der Waals surface area (Å²) in [5.74, 6) is -0.808. The molecule has 0 N–H and O–H groups in total. The monoisotopic (exact) mass is 323 g/mol. The lowest BCUT2D eigenvalue weighted by molar-refractivity contribution is -0.132. The van der Waals surface area contributed by atoms with E-state index in [1.54, 1.807) is 25.2 Å². The summed E-state index contributed by atoms with van der Waals surface area (Å²) in [4.78, 5) is 17.6. The zero-order chi connectivity index (χ0) is 16.6. The lowest BCUT2D eigenvalue weighted by Gasteiger charge is -2.17. The lowest BCUT2D eigenvalue weighted by atomic mass is 10.1. The third-order valence-corrected chi connectivity index (χ3v) is 4.13. The van der Waals surface area contributed by atoms with Gasteiger partial charge < -0.3 is 4.90 Å². The van der Waals surface area contributed by atoms with Crippen molar-refractivity contribution in [3.8, 4) is 0 Å². The highest BCUT2D eigenvalue weighted by molar-refractivity contribution is 5.82. The zero-order valence-electron chi connectivity index (χ0n) is 12.5. The van der Waals surface area contributed by atoms with Crippen LogP contribution in [0.5, 0.6) is 0 Å². The predicted octanol–water partition coefficient (Wildman–Crippen LogP) is 3.18. The van der Waals surface area contributed by atoms with Crippen LogP contribution in [0.15, 0.2) is 36.7 Å². The highest BCUT2D eigenvalue weighted by Gasteiger charge is 2.46. The van der Waals surface area contributed by atoms with Crippen LogP contribution in [0.1, 0.15) is 30.3 Å². The number of hydrogen-bond acceptors (Lipinski definition) is 2. The minimum atomic E-state index is -2.69. The van der Waals surface area contributed by atoms with Crippen LogP contribution in [-0.2, 0) is 11.3 Å². The van der Waals surface area contributed by atoms with Crippen LogP contribution in [0.25, 0.3) is 0 Å². The maximum absolute atomic E-state index is 13.7. The van der Waals surface area contributed by atoms with Crippen molar-refractivity contribution in [2.24, 2.45) is 5.92 Å². The van der Waals surface area contributed by atoms with Crippen LogP contribution in [-0.4, -0.2) is 27.4 Å². The second kappa shape index (κ2) is 6.06. The first-order valence-electron chi connectivity index (χ1n) is 7.28. The van der Waals surface area contributed by atoms with Gasteiger partial charge in [0, 0.05) is 25.4 Å². The fourth-order valence-corrected chi connectivity index (χ4v) is 2.80. The summed E-state index contributed by atoms with van der Waals surface area (Å²) in [6.45, 7) is -2.69. The molecule has 3 rings (SSSR count). The number of benzene rings is 1. The Morgan fingerprint density at radius 3 is 2.87 bits per heavy atom. The molecule has 2 aromatic rings. The fourth-order valence-electron chi connectivity index (χ4n) is 2.80. The number of alkyl halides is 2. The SMILES string of the molecule is CN(Cc1nccn1C(F)F)C(=O)C1CC1c1ccccc1F. The van der Waals surface area contributed by atoms with E-state index in [4.69, 9.17) is 0 Å². The zero-order valence-corrected chi connectivity index (χ0v) is 12.5. The molecule has 23 heavy (non-hydrogen) atoms. The molecule has 2 unspecified atom stereocenters. The largest absolute Gasteiger partial charge is 0.338 e. The molecule has 1 aliphatic rings. The van der Waals surface area contributed by atoms with Crippen molar-refractivity contribution in [1.82, 2.24) is 14.5 Å². The van der Waals surface area contributed by atoms with Crippen LogP contribution < -0.4 is 0 Å². The Morgan fingerprint density at radius 2 is 2.17 bits per heavy atom. The van der Waals surface area contributed by atoms with Gasteiger partial charge in [0.25, 0.3) is 0 Å². The Kier molecular flexibility index (Phi) is 4.11. The molecule has 1 saturated carbocycles. The molecule has 7 heteroatoms. The third kappa shape index (κ3) is 3.09. The summed E-state index contributed by atoms with van der Waals surface area (Å²) < 4.78 is 40.0. The molecule has 1 aromatic heterocycles. The lowest BCUT2D eigenvalue weighted by Crippen LogP contribution is -2.29. The molecule has 1 fully saturated rings. The average molecular weight is 323 g/mol. The number of carbonyl (C=O) groups is 1. The molecule has 0 bridgehead atoms. The molecule has 0 radical (unpaired) electrons. The van der Waals surface area contributed by atoms with Crippen LogP contribution in [0.4, 0.5) is 13.2 Å². The Bertz CT molecular complexity index is 716. The van der Waals surface area contributed by atoms with E-state index in [1.807, 2.05) is 0 Å². The quantitative estimate of drug-likeness (QED) is 0.847. The maximum atomic E-state index is 13.7. The number of carbonyl (C=O) groups excluding carboxylic acids is 1. The topological polar surface area (TPSA) is 38.1 Å². The summed E-state index contributed by atoms with van der Waals surface area (Å²) in [5, 5.41) is 0. The molecule has 0 spiro atoms. The molecule has 2 atom stereocenters. The van der Waals surface area contributed by atoms with Gasteiger partial charge in [-0.05, 0) is 24.0 Å². The van der Waals surface area contributed by atoms with Crippen molar-refractivity contribution < 1.29 is 18.0 Å². The van der Waals surface area contributed by atoms with Gasteiger partial charge in [0.05, 0.1) is 6.54 Å². The first kappa shape index (κ1) is 15.6. The van der Waals surface area contributed by atoms with Gasteiger partial charge in [0.1, 0.15) is 11.6 Å². The van der Waals surface area contributed by atoms with Crippen LogP contribution in [0.3, 0.4) is 0 Å². The fraction of sp³-hybridized carbons (Fsp3) is 0.375. The maximum Gasteiger partial charge on any atom is 0.319 e. The normalized spacial score (nSPS) is 19.9. The van der Waals surface area contributed by atoms with Crippen molar-refractivity contribution in [3.63, 3.8) is 0 Å². The van der Waals surface area contributed by atoms with E-state index >= 15 is 0 Å². The third-order valence-electron chi connectivity index (χ3n) is 4.13. The van der Waals surface area contributed by atoms with Crippen LogP contribution in [0.2, 0.25) is 0 Å². The van der Waals surface area contributed by atoms with Gasteiger partial charge in [0.2, 0.25) is 5.91 Å². The summed E-state index contributed by atoms with van der Waals surface area (Å²) in [6, 6.07) is 6.39. The summed E-state index contributed by atoms with van der Waals surface area (Å²) in [5.41, 5.74) is 0.535. The standard InChI is InChI=1S/C16H16F3N3O/c1-21(9-14-20-6-7-22(14)16(18)19)15(23)12-8-11(12)10-4-2-3-5-13(10)17/h2-7,11-12,16H,8-9H2,1H3. The number of halogens is 3. The van der Waals surface area contributed by atoms with Crippen LogP contribution in [0, 0.1) is 11.7 Å². The van der Waals surface area contributed by atoms with E-state index < -0.39 is 6.55 Å². The minimum Gasteiger partial charge on any atom is -0.338 e. The summed E-state index contributed by atoms with van der Waals surface area (Å²) in [6.07, 6.45) is 3.03. The predicted molar refractivity (Wildman–Crippen MR) is 77.2 cm³/mol. The number of rotatable bonds is 5. The first-order valence-corrected chi connectivity index (χ1v) is 7.28. The summed E-state index contributed by atoms with van der Waals surface area (Å²) in [7, 11) is 1.55. The summed E-state index contributed by atoms with van der Waals surface area (Å²) >= 11 is 0. The van der Waals surface area contributed by atoms with Gasteiger partial charge in [-0.2, -0.15) is 8.78 Å². The minimum absolute atomic E-state index is 0.00331. The first-order chi connectivity index (χ1) is 11.0. The Hall–Kier alpha value is -2.31. The van der Waals surface area contributed by atoms with Crippen molar-refractivity contribution in [2.75, 3.05) is 7.05 Å². The molecular weight excluding hydrogens is 307 g/mol. The van der Waals surface area contributed by atoms with Crippen molar-refractivity contribution in [1.29, 1.82) is 0 Å². The number of hydrogen-bond donors (Lipinski definition) is 0. The molecule has 0 aliphatic heterocycles. The van der Waals surface area contributed by atoms with Gasteiger partial charge in [-0.3, -0.25) is 9.36 Å². The van der Waals surface area contributed by atoms with Gasteiger partial charge in [0.15, 0.2) is 0 Å². The van der Waals surface area contributed by atoms with Crippen molar-refractivity contribution >= 4 is 5.91 Å². The molecule has 122 valence electrons. The van der Waals surface area contributed by atoms with Crippen molar-refractivity contribution in [3.05, 3.63) is 53.9 Å².